The van der Waals surface area contributed by atoms with Gasteiger partial charge in [0, 0.05) is 26.1 Å². The molecule has 0 aliphatic carbocycles. The van der Waals surface area contributed by atoms with Gasteiger partial charge in [-0.2, -0.15) is 4.98 Å². The van der Waals surface area contributed by atoms with E-state index >= 15 is 0 Å². The van der Waals surface area contributed by atoms with Crippen LogP contribution in [0.25, 0.3) is 0 Å². The third-order valence-electron chi connectivity index (χ3n) is 4.30. The van der Waals surface area contributed by atoms with Crippen LogP contribution in [0, 0.1) is 5.82 Å². The Hall–Kier alpha value is -2.61. The molecule has 0 amide bonds. The van der Waals surface area contributed by atoms with Gasteiger partial charge in [-0.05, 0) is 17.7 Å². The highest BCUT2D eigenvalue weighted by Gasteiger charge is 2.18. The molecule has 0 saturated carbocycles. The smallest absolute Gasteiger partial charge is 0.225 e. The molecule has 0 radical (unpaired) electrons. The first-order chi connectivity index (χ1) is 12.8. The molecule has 1 aromatic carbocycles. The maximum atomic E-state index is 14.1. The second kappa shape index (κ2) is 7.74. The SMILES string of the molecule is Fc1cnc(NCc2ccc3c(c2)OCCCO3)nc1N1CCOCC1. The van der Waals surface area contributed by atoms with Gasteiger partial charge in [-0.3, -0.25) is 0 Å². The quantitative estimate of drug-likeness (QED) is 0.897. The molecule has 7 nitrogen and oxygen atoms in total. The van der Waals surface area contributed by atoms with Crippen molar-refractivity contribution < 1.29 is 18.6 Å². The Morgan fingerprint density at radius 1 is 1.08 bits per heavy atom. The summed E-state index contributed by atoms with van der Waals surface area (Å²) in [4.78, 5) is 10.2. The van der Waals surface area contributed by atoms with Crippen molar-refractivity contribution in [2.75, 3.05) is 49.7 Å². The topological polar surface area (TPSA) is 68.7 Å². The van der Waals surface area contributed by atoms with Gasteiger partial charge in [0.05, 0.1) is 32.6 Å². The Morgan fingerprint density at radius 2 is 1.88 bits per heavy atom. The number of aromatic nitrogens is 2. The number of anilines is 2. The molecule has 1 saturated heterocycles. The van der Waals surface area contributed by atoms with Crippen LogP contribution in [0.4, 0.5) is 16.2 Å². The fourth-order valence-corrected chi connectivity index (χ4v) is 2.94. The van der Waals surface area contributed by atoms with E-state index in [1.165, 1.54) is 6.20 Å². The number of rotatable bonds is 4. The maximum absolute atomic E-state index is 14.1. The Morgan fingerprint density at radius 3 is 2.73 bits per heavy atom. The highest BCUT2D eigenvalue weighted by molar-refractivity contribution is 5.46. The summed E-state index contributed by atoms with van der Waals surface area (Å²) in [7, 11) is 0. The van der Waals surface area contributed by atoms with Crippen LogP contribution in [0.3, 0.4) is 0 Å². The van der Waals surface area contributed by atoms with Crippen LogP contribution < -0.4 is 19.7 Å². The molecule has 2 aromatic rings. The lowest BCUT2D eigenvalue weighted by molar-refractivity contribution is 0.122. The van der Waals surface area contributed by atoms with Gasteiger partial charge in [0.1, 0.15) is 0 Å². The Bertz CT molecular complexity index is 768. The predicted molar refractivity (Wildman–Crippen MR) is 94.4 cm³/mol. The minimum absolute atomic E-state index is 0.310. The molecule has 1 N–H and O–H groups in total. The normalized spacial score (nSPS) is 16.9. The van der Waals surface area contributed by atoms with Crippen molar-refractivity contribution in [3.05, 3.63) is 35.8 Å². The van der Waals surface area contributed by atoms with Gasteiger partial charge in [-0.15, -0.1) is 0 Å². The second-order valence-corrected chi connectivity index (χ2v) is 6.15. The molecule has 0 atom stereocenters. The highest BCUT2D eigenvalue weighted by atomic mass is 19.1. The summed E-state index contributed by atoms with van der Waals surface area (Å²) >= 11 is 0. The van der Waals surface area contributed by atoms with Crippen molar-refractivity contribution in [3.63, 3.8) is 0 Å². The molecule has 26 heavy (non-hydrogen) atoms. The predicted octanol–water partition coefficient (Wildman–Crippen LogP) is 2.23. The summed E-state index contributed by atoms with van der Waals surface area (Å²) in [6.07, 6.45) is 2.07. The van der Waals surface area contributed by atoms with E-state index in [1.54, 1.807) is 0 Å². The van der Waals surface area contributed by atoms with E-state index in [9.17, 15) is 4.39 Å². The van der Waals surface area contributed by atoms with Gasteiger partial charge in [0.15, 0.2) is 23.1 Å². The van der Waals surface area contributed by atoms with E-state index in [1.807, 2.05) is 23.1 Å². The summed E-state index contributed by atoms with van der Waals surface area (Å²) in [5.41, 5.74) is 1.01. The number of halogens is 1. The standard InChI is InChI=1S/C18H21FN4O3/c19-14-12-21-18(22-17(14)23-4-8-24-9-5-23)20-11-13-2-3-15-16(10-13)26-7-1-6-25-15/h2-3,10,12H,1,4-9,11H2,(H,20,21,22). The summed E-state index contributed by atoms with van der Waals surface area (Å²) in [6, 6.07) is 5.81. The van der Waals surface area contributed by atoms with E-state index in [0.29, 0.717) is 57.8 Å². The van der Waals surface area contributed by atoms with Crippen molar-refractivity contribution in [1.82, 2.24) is 9.97 Å². The van der Waals surface area contributed by atoms with Crippen LogP contribution in [0.5, 0.6) is 11.5 Å². The Balaban J connectivity index is 1.45. The third-order valence-corrected chi connectivity index (χ3v) is 4.30. The lowest BCUT2D eigenvalue weighted by Crippen LogP contribution is -2.37. The molecule has 8 heteroatoms. The monoisotopic (exact) mass is 360 g/mol. The maximum Gasteiger partial charge on any atom is 0.225 e. The van der Waals surface area contributed by atoms with Crippen LogP contribution in [-0.2, 0) is 11.3 Å². The fraction of sp³-hybridized carbons (Fsp3) is 0.444. The zero-order valence-corrected chi connectivity index (χ0v) is 14.4. The zero-order valence-electron chi connectivity index (χ0n) is 14.4. The van der Waals surface area contributed by atoms with E-state index in [0.717, 1.165) is 23.5 Å². The average Bonchev–Trinajstić information content (AvgIpc) is 2.93. The van der Waals surface area contributed by atoms with Crippen molar-refractivity contribution in [1.29, 1.82) is 0 Å². The molecule has 0 spiro atoms. The molecule has 138 valence electrons. The van der Waals surface area contributed by atoms with E-state index in [2.05, 4.69) is 15.3 Å². The van der Waals surface area contributed by atoms with E-state index in [-0.39, 0.29) is 0 Å². The third kappa shape index (κ3) is 3.80. The molecule has 3 heterocycles. The first-order valence-corrected chi connectivity index (χ1v) is 8.77. The van der Waals surface area contributed by atoms with Crippen LogP contribution in [-0.4, -0.2) is 49.5 Å². The van der Waals surface area contributed by atoms with Gasteiger partial charge in [0.25, 0.3) is 0 Å². The second-order valence-electron chi connectivity index (χ2n) is 6.15. The number of morpholine rings is 1. The number of nitrogens with zero attached hydrogens (tertiary/aromatic N) is 3. The molecule has 4 rings (SSSR count). The molecular weight excluding hydrogens is 339 g/mol. The highest BCUT2D eigenvalue weighted by Crippen LogP contribution is 2.30. The minimum Gasteiger partial charge on any atom is -0.490 e. The molecule has 0 bridgehead atoms. The summed E-state index contributed by atoms with van der Waals surface area (Å²) in [6.45, 7) is 4.20. The summed E-state index contributed by atoms with van der Waals surface area (Å²) < 4.78 is 30.7. The van der Waals surface area contributed by atoms with Crippen LogP contribution in [0.15, 0.2) is 24.4 Å². The number of ether oxygens (including phenoxy) is 3. The Kier molecular flexibility index (Phi) is 5.01. The van der Waals surface area contributed by atoms with Gasteiger partial charge in [-0.1, -0.05) is 6.07 Å². The molecule has 1 fully saturated rings. The lowest BCUT2D eigenvalue weighted by atomic mass is 10.2. The molecule has 0 unspecified atom stereocenters. The number of benzene rings is 1. The van der Waals surface area contributed by atoms with Crippen molar-refractivity contribution in [2.24, 2.45) is 0 Å². The van der Waals surface area contributed by atoms with Crippen molar-refractivity contribution in [3.8, 4) is 11.5 Å². The first kappa shape index (κ1) is 16.8. The average molecular weight is 360 g/mol. The van der Waals surface area contributed by atoms with Crippen molar-refractivity contribution in [2.45, 2.75) is 13.0 Å². The summed E-state index contributed by atoms with van der Waals surface area (Å²) in [5.74, 6) is 1.78. The minimum atomic E-state index is -0.423. The molecular formula is C18H21FN4O3. The van der Waals surface area contributed by atoms with E-state index < -0.39 is 5.82 Å². The van der Waals surface area contributed by atoms with Gasteiger partial charge in [0.2, 0.25) is 5.95 Å². The fourth-order valence-electron chi connectivity index (χ4n) is 2.94. The van der Waals surface area contributed by atoms with E-state index in [4.69, 9.17) is 14.2 Å². The molecule has 1 aromatic heterocycles. The number of fused-ring (bicyclic) bond motifs is 1. The van der Waals surface area contributed by atoms with Crippen LogP contribution in [0.1, 0.15) is 12.0 Å². The number of hydrogen-bond donors (Lipinski definition) is 1. The van der Waals surface area contributed by atoms with Gasteiger partial charge < -0.3 is 24.4 Å². The lowest BCUT2D eigenvalue weighted by Gasteiger charge is -2.28. The van der Waals surface area contributed by atoms with Gasteiger partial charge >= 0.3 is 0 Å². The number of nitrogens with one attached hydrogen (secondary N) is 1. The van der Waals surface area contributed by atoms with Gasteiger partial charge in [-0.25, -0.2) is 9.37 Å². The van der Waals surface area contributed by atoms with Crippen LogP contribution in [0.2, 0.25) is 0 Å². The molecule has 2 aliphatic rings. The summed E-state index contributed by atoms with van der Waals surface area (Å²) in [5, 5.41) is 3.15. The zero-order chi connectivity index (χ0) is 17.8. The van der Waals surface area contributed by atoms with Crippen LogP contribution >= 0.6 is 0 Å². The molecule has 2 aliphatic heterocycles. The number of hydrogen-bond acceptors (Lipinski definition) is 7. The largest absolute Gasteiger partial charge is 0.490 e. The van der Waals surface area contributed by atoms with Crippen molar-refractivity contribution >= 4 is 11.8 Å². The first-order valence-electron chi connectivity index (χ1n) is 8.77. The Labute approximate surface area is 151 Å².